The maximum Gasteiger partial charge on any atom is 0.227 e. The van der Waals surface area contributed by atoms with Gasteiger partial charge in [0.05, 0.1) is 5.41 Å². The Labute approximate surface area is 113 Å². The van der Waals surface area contributed by atoms with Crippen molar-refractivity contribution in [2.75, 3.05) is 6.54 Å². The van der Waals surface area contributed by atoms with Crippen LogP contribution in [0.4, 0.5) is 0 Å². The van der Waals surface area contributed by atoms with Crippen LogP contribution in [0.25, 0.3) is 0 Å². The topological polar surface area (TPSA) is 55.1 Å². The lowest BCUT2D eigenvalue weighted by atomic mass is 10.0. The van der Waals surface area contributed by atoms with Crippen molar-refractivity contribution in [3.63, 3.8) is 0 Å². The summed E-state index contributed by atoms with van der Waals surface area (Å²) in [6.07, 6.45) is 2.65. The van der Waals surface area contributed by atoms with E-state index in [9.17, 15) is 4.79 Å². The number of nitrogens with one attached hydrogen (secondary N) is 1. The van der Waals surface area contributed by atoms with Gasteiger partial charge in [0.15, 0.2) is 0 Å². The van der Waals surface area contributed by atoms with Crippen LogP contribution >= 0.6 is 11.6 Å². The molecule has 1 atom stereocenters. The van der Waals surface area contributed by atoms with Gasteiger partial charge in [-0.3, -0.25) is 4.79 Å². The Morgan fingerprint density at radius 1 is 1.44 bits per heavy atom. The molecular weight excluding hydrogens is 248 g/mol. The molecule has 0 radical (unpaired) electrons. The number of carbonyl (C=O) groups excluding carboxylic acids is 1. The van der Waals surface area contributed by atoms with Crippen LogP contribution in [0.1, 0.15) is 25.3 Å². The molecule has 0 spiro atoms. The Hall–Kier alpha value is -1.06. The number of hydrogen-bond donors (Lipinski definition) is 2. The highest BCUT2D eigenvalue weighted by Gasteiger charge is 2.48. The minimum Gasteiger partial charge on any atom is -0.353 e. The molecular formula is C14H19ClN2O. The first-order valence-corrected chi connectivity index (χ1v) is 6.69. The van der Waals surface area contributed by atoms with E-state index in [-0.39, 0.29) is 17.4 Å². The highest BCUT2D eigenvalue weighted by molar-refractivity contribution is 6.30. The zero-order chi connectivity index (χ0) is 13.2. The molecule has 0 aromatic heterocycles. The van der Waals surface area contributed by atoms with Gasteiger partial charge in [-0.15, -0.1) is 0 Å². The van der Waals surface area contributed by atoms with E-state index in [0.29, 0.717) is 6.54 Å². The fourth-order valence-corrected chi connectivity index (χ4v) is 2.20. The van der Waals surface area contributed by atoms with Crippen LogP contribution in [-0.2, 0) is 11.2 Å². The first kappa shape index (κ1) is 13.4. The van der Waals surface area contributed by atoms with Gasteiger partial charge in [0.2, 0.25) is 5.91 Å². The molecule has 3 N–H and O–H groups in total. The van der Waals surface area contributed by atoms with Crippen molar-refractivity contribution in [1.82, 2.24) is 5.32 Å². The molecule has 4 heteroatoms. The van der Waals surface area contributed by atoms with E-state index in [1.165, 1.54) is 5.56 Å². The second-order valence-electron chi connectivity index (χ2n) is 5.19. The Balaban J connectivity index is 1.87. The van der Waals surface area contributed by atoms with Crippen molar-refractivity contribution in [2.24, 2.45) is 11.1 Å². The third kappa shape index (κ3) is 3.03. The number of carbonyl (C=O) groups is 1. The number of benzene rings is 1. The number of halogens is 1. The maximum atomic E-state index is 12.0. The molecule has 0 heterocycles. The predicted molar refractivity (Wildman–Crippen MR) is 73.5 cm³/mol. The van der Waals surface area contributed by atoms with Crippen LogP contribution in [0.2, 0.25) is 5.02 Å². The Kier molecular flexibility index (Phi) is 3.93. The fraction of sp³-hybridized carbons (Fsp3) is 0.500. The SMILES string of the molecule is CC(Cc1ccc(Cl)cc1)NC(=O)C1(CN)CC1. The Morgan fingerprint density at radius 2 is 2.06 bits per heavy atom. The quantitative estimate of drug-likeness (QED) is 0.858. The molecule has 18 heavy (non-hydrogen) atoms. The lowest BCUT2D eigenvalue weighted by Crippen LogP contribution is -2.42. The summed E-state index contributed by atoms with van der Waals surface area (Å²) in [5.41, 5.74) is 6.54. The summed E-state index contributed by atoms with van der Waals surface area (Å²) in [5, 5.41) is 3.78. The second-order valence-corrected chi connectivity index (χ2v) is 5.63. The smallest absolute Gasteiger partial charge is 0.227 e. The zero-order valence-electron chi connectivity index (χ0n) is 10.6. The van der Waals surface area contributed by atoms with Crippen LogP contribution in [0.5, 0.6) is 0 Å². The van der Waals surface area contributed by atoms with Crippen molar-refractivity contribution in [2.45, 2.75) is 32.2 Å². The van der Waals surface area contributed by atoms with E-state index >= 15 is 0 Å². The molecule has 0 saturated heterocycles. The first-order valence-electron chi connectivity index (χ1n) is 6.31. The summed E-state index contributed by atoms with van der Waals surface area (Å²) >= 11 is 5.84. The normalized spacial score (nSPS) is 18.2. The molecule has 1 amide bonds. The number of nitrogens with two attached hydrogens (primary N) is 1. The van der Waals surface area contributed by atoms with E-state index in [4.69, 9.17) is 17.3 Å². The van der Waals surface area contributed by atoms with E-state index in [1.54, 1.807) is 0 Å². The lowest BCUT2D eigenvalue weighted by Gasteiger charge is -2.18. The number of hydrogen-bond acceptors (Lipinski definition) is 2. The van der Waals surface area contributed by atoms with Gasteiger partial charge in [-0.25, -0.2) is 0 Å². The van der Waals surface area contributed by atoms with Crippen LogP contribution in [0.15, 0.2) is 24.3 Å². The van der Waals surface area contributed by atoms with Gasteiger partial charge in [0.25, 0.3) is 0 Å². The van der Waals surface area contributed by atoms with E-state index < -0.39 is 0 Å². The lowest BCUT2D eigenvalue weighted by molar-refractivity contribution is -0.126. The highest BCUT2D eigenvalue weighted by atomic mass is 35.5. The molecule has 1 saturated carbocycles. The largest absolute Gasteiger partial charge is 0.353 e. The third-order valence-electron chi connectivity index (χ3n) is 3.56. The Bertz CT molecular complexity index is 426. The van der Waals surface area contributed by atoms with E-state index in [1.807, 2.05) is 31.2 Å². The molecule has 3 nitrogen and oxygen atoms in total. The third-order valence-corrected chi connectivity index (χ3v) is 3.81. The molecule has 1 aliphatic rings. The van der Waals surface area contributed by atoms with Crippen molar-refractivity contribution >= 4 is 17.5 Å². The minimum atomic E-state index is -0.270. The van der Waals surface area contributed by atoms with Crippen LogP contribution < -0.4 is 11.1 Å². The molecule has 98 valence electrons. The summed E-state index contributed by atoms with van der Waals surface area (Å²) in [5.74, 6) is 0.103. The number of amides is 1. The average molecular weight is 267 g/mol. The summed E-state index contributed by atoms with van der Waals surface area (Å²) in [4.78, 5) is 12.0. The molecule has 1 aliphatic carbocycles. The van der Waals surface area contributed by atoms with Gasteiger partial charge < -0.3 is 11.1 Å². The fourth-order valence-electron chi connectivity index (χ4n) is 2.08. The molecule has 1 aromatic carbocycles. The molecule has 0 bridgehead atoms. The van der Waals surface area contributed by atoms with Crippen molar-refractivity contribution in [3.05, 3.63) is 34.9 Å². The first-order chi connectivity index (χ1) is 8.55. The van der Waals surface area contributed by atoms with Gasteiger partial charge in [-0.05, 0) is 43.9 Å². The highest BCUT2D eigenvalue weighted by Crippen LogP contribution is 2.44. The summed E-state index contributed by atoms with van der Waals surface area (Å²) in [7, 11) is 0. The molecule has 1 aromatic rings. The average Bonchev–Trinajstić information content (AvgIpc) is 3.13. The predicted octanol–water partition coefficient (Wildman–Crippen LogP) is 2.13. The molecule has 2 rings (SSSR count). The standard InChI is InChI=1S/C14H19ClN2O/c1-10(8-11-2-4-12(15)5-3-11)17-13(18)14(9-16)6-7-14/h2-5,10H,6-9,16H2,1H3,(H,17,18). The van der Waals surface area contributed by atoms with Crippen molar-refractivity contribution in [3.8, 4) is 0 Å². The molecule has 1 unspecified atom stereocenters. The van der Waals surface area contributed by atoms with Gasteiger partial charge >= 0.3 is 0 Å². The van der Waals surface area contributed by atoms with Crippen molar-refractivity contribution in [1.29, 1.82) is 0 Å². The maximum absolute atomic E-state index is 12.0. The second kappa shape index (κ2) is 5.29. The van der Waals surface area contributed by atoms with Crippen LogP contribution in [0.3, 0.4) is 0 Å². The van der Waals surface area contributed by atoms with E-state index in [0.717, 1.165) is 24.3 Å². The minimum absolute atomic E-state index is 0.103. The summed E-state index contributed by atoms with van der Waals surface area (Å²) in [6.45, 7) is 2.46. The summed E-state index contributed by atoms with van der Waals surface area (Å²) in [6, 6.07) is 7.82. The molecule has 1 fully saturated rings. The van der Waals surface area contributed by atoms with Crippen LogP contribution in [-0.4, -0.2) is 18.5 Å². The molecule has 0 aliphatic heterocycles. The van der Waals surface area contributed by atoms with Crippen LogP contribution in [0, 0.1) is 5.41 Å². The van der Waals surface area contributed by atoms with Gasteiger partial charge in [0, 0.05) is 17.6 Å². The van der Waals surface area contributed by atoms with Gasteiger partial charge in [0.1, 0.15) is 0 Å². The van der Waals surface area contributed by atoms with Crippen molar-refractivity contribution < 1.29 is 4.79 Å². The monoisotopic (exact) mass is 266 g/mol. The number of rotatable bonds is 5. The summed E-state index contributed by atoms with van der Waals surface area (Å²) < 4.78 is 0. The Morgan fingerprint density at radius 3 is 2.56 bits per heavy atom. The van der Waals surface area contributed by atoms with Gasteiger partial charge in [-0.1, -0.05) is 23.7 Å². The van der Waals surface area contributed by atoms with E-state index in [2.05, 4.69) is 5.32 Å². The zero-order valence-corrected chi connectivity index (χ0v) is 11.3. The van der Waals surface area contributed by atoms with Gasteiger partial charge in [-0.2, -0.15) is 0 Å².